The number of anilines is 1. The Labute approximate surface area is 129 Å². The van der Waals surface area contributed by atoms with Crippen molar-refractivity contribution in [1.82, 2.24) is 0 Å². The van der Waals surface area contributed by atoms with Gasteiger partial charge in [0.2, 0.25) is 5.91 Å². The van der Waals surface area contributed by atoms with Crippen molar-refractivity contribution in [2.75, 3.05) is 19.0 Å². The van der Waals surface area contributed by atoms with Crippen LogP contribution in [0.4, 0.5) is 5.69 Å². The Hall–Kier alpha value is -2.84. The Balaban J connectivity index is 1.84. The van der Waals surface area contributed by atoms with E-state index in [9.17, 15) is 4.79 Å². The van der Waals surface area contributed by atoms with Crippen LogP contribution in [0.15, 0.2) is 48.5 Å². The van der Waals surface area contributed by atoms with Crippen LogP contribution in [-0.4, -0.2) is 19.6 Å². The maximum atomic E-state index is 11.8. The van der Waals surface area contributed by atoms with Crippen LogP contribution in [0.5, 0.6) is 5.75 Å². The standard InChI is InChI=1S/C17H16N2O3/c1-21-15-7-4-5-13(9-15)11-22-12-17(20)19-16-8-3-2-6-14(16)10-18/h2-9H,11-12H2,1H3,(H,19,20). The molecule has 5 nitrogen and oxygen atoms in total. The van der Waals surface area contributed by atoms with E-state index in [1.54, 1.807) is 31.4 Å². The van der Waals surface area contributed by atoms with Crippen molar-refractivity contribution in [3.63, 3.8) is 0 Å². The number of rotatable bonds is 6. The van der Waals surface area contributed by atoms with Crippen molar-refractivity contribution in [3.05, 3.63) is 59.7 Å². The molecule has 0 aliphatic rings. The first-order valence-corrected chi connectivity index (χ1v) is 6.72. The molecule has 0 heterocycles. The Kier molecular flexibility index (Phi) is 5.52. The summed E-state index contributed by atoms with van der Waals surface area (Å²) >= 11 is 0. The molecule has 22 heavy (non-hydrogen) atoms. The minimum Gasteiger partial charge on any atom is -0.497 e. The summed E-state index contributed by atoms with van der Waals surface area (Å²) in [6.07, 6.45) is 0. The molecule has 2 aromatic rings. The second-order valence-electron chi connectivity index (χ2n) is 4.55. The van der Waals surface area contributed by atoms with Gasteiger partial charge >= 0.3 is 0 Å². The summed E-state index contributed by atoms with van der Waals surface area (Å²) in [5, 5.41) is 11.6. The lowest BCUT2D eigenvalue weighted by Gasteiger charge is -2.08. The fourth-order valence-corrected chi connectivity index (χ4v) is 1.90. The molecule has 112 valence electrons. The topological polar surface area (TPSA) is 71.3 Å². The number of nitrogens with zero attached hydrogens (tertiary/aromatic N) is 1. The molecule has 2 aromatic carbocycles. The van der Waals surface area contributed by atoms with Crippen LogP contribution in [0.3, 0.4) is 0 Å². The zero-order chi connectivity index (χ0) is 15.8. The maximum absolute atomic E-state index is 11.8. The molecule has 0 atom stereocenters. The van der Waals surface area contributed by atoms with Gasteiger partial charge in [-0.05, 0) is 29.8 Å². The highest BCUT2D eigenvalue weighted by Gasteiger charge is 2.06. The first-order valence-electron chi connectivity index (χ1n) is 6.72. The molecular weight excluding hydrogens is 280 g/mol. The number of amides is 1. The molecule has 0 aromatic heterocycles. The number of hydrogen-bond donors (Lipinski definition) is 1. The Morgan fingerprint density at radius 2 is 2.05 bits per heavy atom. The Morgan fingerprint density at radius 1 is 1.23 bits per heavy atom. The molecule has 0 aliphatic heterocycles. The van der Waals surface area contributed by atoms with Gasteiger partial charge in [-0.1, -0.05) is 24.3 Å². The van der Waals surface area contributed by atoms with Gasteiger partial charge < -0.3 is 14.8 Å². The molecule has 0 fully saturated rings. The predicted molar refractivity (Wildman–Crippen MR) is 82.4 cm³/mol. The van der Waals surface area contributed by atoms with Crippen LogP contribution in [0, 0.1) is 11.3 Å². The number of nitriles is 1. The zero-order valence-electron chi connectivity index (χ0n) is 12.2. The van der Waals surface area contributed by atoms with Crippen LogP contribution in [0.1, 0.15) is 11.1 Å². The van der Waals surface area contributed by atoms with Crippen molar-refractivity contribution in [1.29, 1.82) is 5.26 Å². The summed E-state index contributed by atoms with van der Waals surface area (Å²) in [4.78, 5) is 11.8. The first kappa shape index (κ1) is 15.5. The van der Waals surface area contributed by atoms with Crippen molar-refractivity contribution in [3.8, 4) is 11.8 Å². The van der Waals surface area contributed by atoms with Gasteiger partial charge in [0.25, 0.3) is 0 Å². The SMILES string of the molecule is COc1cccc(COCC(=O)Nc2ccccc2C#N)c1. The summed E-state index contributed by atoms with van der Waals surface area (Å²) < 4.78 is 10.5. The van der Waals surface area contributed by atoms with Gasteiger partial charge in [0, 0.05) is 0 Å². The molecule has 0 saturated heterocycles. The molecule has 0 spiro atoms. The van der Waals surface area contributed by atoms with Gasteiger partial charge in [0.1, 0.15) is 18.4 Å². The third-order valence-corrected chi connectivity index (χ3v) is 2.96. The highest BCUT2D eigenvalue weighted by molar-refractivity contribution is 5.92. The summed E-state index contributed by atoms with van der Waals surface area (Å²) in [5.41, 5.74) is 1.83. The Bertz CT molecular complexity index is 692. The molecule has 1 N–H and O–H groups in total. The summed E-state index contributed by atoms with van der Waals surface area (Å²) in [6.45, 7) is 0.224. The average molecular weight is 296 g/mol. The van der Waals surface area contributed by atoms with Gasteiger partial charge in [-0.3, -0.25) is 4.79 Å². The third-order valence-electron chi connectivity index (χ3n) is 2.96. The minimum absolute atomic E-state index is 0.0863. The van der Waals surface area contributed by atoms with Crippen LogP contribution < -0.4 is 10.1 Å². The average Bonchev–Trinajstić information content (AvgIpc) is 2.55. The van der Waals surface area contributed by atoms with E-state index in [1.807, 2.05) is 30.3 Å². The number of nitrogens with one attached hydrogen (secondary N) is 1. The van der Waals surface area contributed by atoms with Gasteiger partial charge in [0.15, 0.2) is 0 Å². The first-order chi connectivity index (χ1) is 10.7. The molecule has 0 radical (unpaired) electrons. The lowest BCUT2D eigenvalue weighted by molar-refractivity contribution is -0.121. The van der Waals surface area contributed by atoms with E-state index in [0.29, 0.717) is 17.9 Å². The van der Waals surface area contributed by atoms with E-state index in [2.05, 4.69) is 5.32 Å². The summed E-state index contributed by atoms with van der Waals surface area (Å²) in [5.74, 6) is 0.444. The minimum atomic E-state index is -0.300. The van der Waals surface area contributed by atoms with Crippen LogP contribution in [0.2, 0.25) is 0 Å². The highest BCUT2D eigenvalue weighted by Crippen LogP contribution is 2.14. The monoisotopic (exact) mass is 296 g/mol. The second kappa shape index (κ2) is 7.81. The van der Waals surface area contributed by atoms with E-state index >= 15 is 0 Å². The van der Waals surface area contributed by atoms with Gasteiger partial charge in [-0.25, -0.2) is 0 Å². The normalized spacial score (nSPS) is 9.82. The van der Waals surface area contributed by atoms with Gasteiger partial charge in [-0.2, -0.15) is 5.26 Å². The smallest absolute Gasteiger partial charge is 0.250 e. The van der Waals surface area contributed by atoms with Gasteiger partial charge in [-0.15, -0.1) is 0 Å². The molecule has 0 bridgehead atoms. The molecule has 2 rings (SSSR count). The fourth-order valence-electron chi connectivity index (χ4n) is 1.90. The lowest BCUT2D eigenvalue weighted by atomic mass is 10.2. The largest absolute Gasteiger partial charge is 0.497 e. The number of benzene rings is 2. The van der Waals surface area contributed by atoms with Crippen LogP contribution >= 0.6 is 0 Å². The fraction of sp³-hybridized carbons (Fsp3) is 0.176. The lowest BCUT2D eigenvalue weighted by Crippen LogP contribution is -2.18. The molecule has 1 amide bonds. The molecule has 5 heteroatoms. The number of carbonyl (C=O) groups is 1. The molecule has 0 saturated carbocycles. The highest BCUT2D eigenvalue weighted by atomic mass is 16.5. The number of hydrogen-bond acceptors (Lipinski definition) is 4. The zero-order valence-corrected chi connectivity index (χ0v) is 12.2. The summed E-state index contributed by atoms with van der Waals surface area (Å²) in [6, 6.07) is 16.3. The van der Waals surface area contributed by atoms with E-state index < -0.39 is 0 Å². The number of ether oxygens (including phenoxy) is 2. The van der Waals surface area contributed by atoms with Crippen molar-refractivity contribution in [2.24, 2.45) is 0 Å². The van der Waals surface area contributed by atoms with E-state index in [0.717, 1.165) is 11.3 Å². The van der Waals surface area contributed by atoms with Crippen molar-refractivity contribution < 1.29 is 14.3 Å². The van der Waals surface area contributed by atoms with Crippen molar-refractivity contribution in [2.45, 2.75) is 6.61 Å². The van der Waals surface area contributed by atoms with E-state index in [-0.39, 0.29) is 12.5 Å². The maximum Gasteiger partial charge on any atom is 0.250 e. The molecule has 0 unspecified atom stereocenters. The van der Waals surface area contributed by atoms with E-state index in [4.69, 9.17) is 14.7 Å². The Morgan fingerprint density at radius 3 is 2.82 bits per heavy atom. The quantitative estimate of drug-likeness (QED) is 0.889. The summed E-state index contributed by atoms with van der Waals surface area (Å²) in [7, 11) is 1.60. The van der Waals surface area contributed by atoms with Crippen LogP contribution in [0.25, 0.3) is 0 Å². The number of methoxy groups -OCH3 is 1. The van der Waals surface area contributed by atoms with Crippen molar-refractivity contribution >= 4 is 11.6 Å². The van der Waals surface area contributed by atoms with E-state index in [1.165, 1.54) is 0 Å². The second-order valence-corrected chi connectivity index (χ2v) is 4.55. The number of carbonyl (C=O) groups excluding carboxylic acids is 1. The third kappa shape index (κ3) is 4.33. The molecule has 0 aliphatic carbocycles. The predicted octanol–water partition coefficient (Wildman–Crippen LogP) is 2.72. The number of para-hydroxylation sites is 1. The van der Waals surface area contributed by atoms with Gasteiger partial charge in [0.05, 0.1) is 25.0 Å². The van der Waals surface area contributed by atoms with Crippen LogP contribution in [-0.2, 0) is 16.1 Å². The molecular formula is C17H16N2O3.